The molecule has 0 bridgehead atoms. The Hall–Kier alpha value is -0.650. The Labute approximate surface area is 123 Å². The van der Waals surface area contributed by atoms with Crippen molar-refractivity contribution in [3.63, 3.8) is 0 Å². The highest BCUT2D eigenvalue weighted by molar-refractivity contribution is 5.76. The molecule has 5 nitrogen and oxygen atoms in total. The number of carbonyl (C=O) groups excluding carboxylic acids is 1. The fourth-order valence-electron chi connectivity index (χ4n) is 2.71. The lowest BCUT2D eigenvalue weighted by atomic mass is 10.0. The molecule has 0 aromatic heterocycles. The Bertz CT molecular complexity index is 303. The summed E-state index contributed by atoms with van der Waals surface area (Å²) < 4.78 is 0. The molecule has 1 aliphatic heterocycles. The second-order valence-corrected chi connectivity index (χ2v) is 7.01. The minimum atomic E-state index is 0.105. The third-order valence-electron chi connectivity index (χ3n) is 3.92. The van der Waals surface area contributed by atoms with Crippen LogP contribution in [0.2, 0.25) is 0 Å². The SMILES string of the molecule is CC(C)NC(=O)CC(CN)N1CCN(C(C)(C)C)CC1. The first kappa shape index (κ1) is 17.4. The molecule has 1 fully saturated rings. The van der Waals surface area contributed by atoms with Gasteiger partial charge in [0.15, 0.2) is 0 Å². The summed E-state index contributed by atoms with van der Waals surface area (Å²) in [6, 6.07) is 0.356. The number of rotatable bonds is 5. The number of nitrogens with zero attached hydrogens (tertiary/aromatic N) is 2. The van der Waals surface area contributed by atoms with Crippen molar-refractivity contribution >= 4 is 5.91 Å². The van der Waals surface area contributed by atoms with Crippen LogP contribution in [0, 0.1) is 0 Å². The highest BCUT2D eigenvalue weighted by Gasteiger charge is 2.29. The maximum Gasteiger partial charge on any atom is 0.221 e. The number of hydrogen-bond acceptors (Lipinski definition) is 4. The van der Waals surface area contributed by atoms with Crippen molar-refractivity contribution in [3.05, 3.63) is 0 Å². The number of amides is 1. The molecule has 1 amide bonds. The number of carbonyl (C=O) groups is 1. The molecule has 1 heterocycles. The lowest BCUT2D eigenvalue weighted by molar-refractivity contribution is -0.123. The van der Waals surface area contributed by atoms with Gasteiger partial charge in [-0.1, -0.05) is 0 Å². The van der Waals surface area contributed by atoms with Crippen LogP contribution in [0.5, 0.6) is 0 Å². The standard InChI is InChI=1S/C15H32N4O/c1-12(2)17-14(20)10-13(11-16)18-6-8-19(9-7-18)15(3,4)5/h12-13H,6-11,16H2,1-5H3,(H,17,20). The monoisotopic (exact) mass is 284 g/mol. The number of nitrogens with one attached hydrogen (secondary N) is 1. The summed E-state index contributed by atoms with van der Waals surface area (Å²) >= 11 is 0. The normalized spacial score (nSPS) is 20.1. The van der Waals surface area contributed by atoms with Gasteiger partial charge in [0.1, 0.15) is 0 Å². The fraction of sp³-hybridized carbons (Fsp3) is 0.933. The molecule has 1 saturated heterocycles. The molecule has 0 aliphatic carbocycles. The van der Waals surface area contributed by atoms with Crippen LogP contribution in [0.15, 0.2) is 0 Å². The maximum absolute atomic E-state index is 11.9. The molecular formula is C15H32N4O. The maximum atomic E-state index is 11.9. The first-order valence-corrected chi connectivity index (χ1v) is 7.72. The second-order valence-electron chi connectivity index (χ2n) is 7.01. The predicted octanol–water partition coefficient (Wildman–Crippen LogP) is 0.645. The number of hydrogen-bond donors (Lipinski definition) is 2. The molecule has 20 heavy (non-hydrogen) atoms. The highest BCUT2D eigenvalue weighted by atomic mass is 16.1. The van der Waals surface area contributed by atoms with E-state index < -0.39 is 0 Å². The van der Waals surface area contributed by atoms with Crippen molar-refractivity contribution in [1.29, 1.82) is 0 Å². The molecule has 0 aromatic rings. The zero-order valence-electron chi connectivity index (χ0n) is 13.8. The summed E-state index contributed by atoms with van der Waals surface area (Å²) in [4.78, 5) is 16.7. The van der Waals surface area contributed by atoms with Crippen LogP contribution in [0.4, 0.5) is 0 Å². The average molecular weight is 284 g/mol. The van der Waals surface area contributed by atoms with E-state index in [0.717, 1.165) is 26.2 Å². The van der Waals surface area contributed by atoms with Crippen molar-refractivity contribution in [2.45, 2.75) is 58.7 Å². The van der Waals surface area contributed by atoms with Crippen LogP contribution in [0.25, 0.3) is 0 Å². The van der Waals surface area contributed by atoms with Gasteiger partial charge in [-0.25, -0.2) is 0 Å². The first-order chi connectivity index (χ1) is 9.24. The van der Waals surface area contributed by atoms with Crippen molar-refractivity contribution < 1.29 is 4.79 Å². The molecule has 1 atom stereocenters. The molecular weight excluding hydrogens is 252 g/mol. The summed E-state index contributed by atoms with van der Waals surface area (Å²) in [7, 11) is 0. The minimum absolute atomic E-state index is 0.105. The summed E-state index contributed by atoms with van der Waals surface area (Å²) in [5.41, 5.74) is 6.09. The first-order valence-electron chi connectivity index (χ1n) is 7.72. The van der Waals surface area contributed by atoms with Gasteiger partial charge in [0.2, 0.25) is 5.91 Å². The lowest BCUT2D eigenvalue weighted by Crippen LogP contribution is -2.57. The summed E-state index contributed by atoms with van der Waals surface area (Å²) in [6.45, 7) is 15.3. The quantitative estimate of drug-likeness (QED) is 0.778. The van der Waals surface area contributed by atoms with Gasteiger partial charge in [-0.05, 0) is 34.6 Å². The van der Waals surface area contributed by atoms with E-state index in [1.54, 1.807) is 0 Å². The number of piperazine rings is 1. The van der Waals surface area contributed by atoms with E-state index in [9.17, 15) is 4.79 Å². The van der Waals surface area contributed by atoms with Crippen LogP contribution >= 0.6 is 0 Å². The zero-order chi connectivity index (χ0) is 15.3. The van der Waals surface area contributed by atoms with E-state index in [4.69, 9.17) is 5.73 Å². The van der Waals surface area contributed by atoms with Gasteiger partial charge in [0.25, 0.3) is 0 Å². The molecule has 1 unspecified atom stereocenters. The van der Waals surface area contributed by atoms with Crippen molar-refractivity contribution in [1.82, 2.24) is 15.1 Å². The van der Waals surface area contributed by atoms with E-state index in [0.29, 0.717) is 13.0 Å². The fourth-order valence-corrected chi connectivity index (χ4v) is 2.71. The third kappa shape index (κ3) is 5.38. The van der Waals surface area contributed by atoms with Crippen LogP contribution < -0.4 is 11.1 Å². The highest BCUT2D eigenvalue weighted by Crippen LogP contribution is 2.17. The molecule has 0 saturated carbocycles. The Morgan fingerprint density at radius 3 is 2.15 bits per heavy atom. The van der Waals surface area contributed by atoms with Crippen LogP contribution in [0.1, 0.15) is 41.0 Å². The molecule has 1 rings (SSSR count). The lowest BCUT2D eigenvalue weighted by Gasteiger charge is -2.44. The van der Waals surface area contributed by atoms with Crippen LogP contribution in [0.3, 0.4) is 0 Å². The molecule has 5 heteroatoms. The Morgan fingerprint density at radius 2 is 1.75 bits per heavy atom. The Morgan fingerprint density at radius 1 is 1.20 bits per heavy atom. The number of nitrogens with two attached hydrogens (primary N) is 1. The van der Waals surface area contributed by atoms with Gasteiger partial charge >= 0.3 is 0 Å². The summed E-state index contributed by atoms with van der Waals surface area (Å²) in [6.07, 6.45) is 0.504. The Balaban J connectivity index is 2.46. The molecule has 3 N–H and O–H groups in total. The molecule has 0 spiro atoms. The van der Waals surface area contributed by atoms with Gasteiger partial charge in [0.05, 0.1) is 0 Å². The van der Waals surface area contributed by atoms with E-state index in [-0.39, 0.29) is 23.5 Å². The van der Waals surface area contributed by atoms with E-state index in [1.807, 2.05) is 13.8 Å². The van der Waals surface area contributed by atoms with Crippen LogP contribution in [-0.2, 0) is 4.79 Å². The molecule has 1 aliphatic rings. The predicted molar refractivity (Wildman–Crippen MR) is 83.6 cm³/mol. The minimum Gasteiger partial charge on any atom is -0.354 e. The molecule has 0 radical (unpaired) electrons. The van der Waals surface area contributed by atoms with Crippen molar-refractivity contribution in [3.8, 4) is 0 Å². The average Bonchev–Trinajstić information content (AvgIpc) is 2.34. The largest absolute Gasteiger partial charge is 0.354 e. The van der Waals surface area contributed by atoms with Gasteiger partial charge in [0, 0.05) is 56.8 Å². The van der Waals surface area contributed by atoms with Crippen molar-refractivity contribution in [2.75, 3.05) is 32.7 Å². The molecule has 118 valence electrons. The van der Waals surface area contributed by atoms with Crippen molar-refractivity contribution in [2.24, 2.45) is 5.73 Å². The second kappa shape index (κ2) is 7.38. The van der Waals surface area contributed by atoms with Gasteiger partial charge in [-0.3, -0.25) is 14.6 Å². The van der Waals surface area contributed by atoms with Gasteiger partial charge < -0.3 is 11.1 Å². The smallest absolute Gasteiger partial charge is 0.221 e. The van der Waals surface area contributed by atoms with E-state index in [1.165, 1.54) is 0 Å². The van der Waals surface area contributed by atoms with Crippen LogP contribution in [-0.4, -0.2) is 66.1 Å². The summed E-state index contributed by atoms with van der Waals surface area (Å²) in [5.74, 6) is 0.105. The van der Waals surface area contributed by atoms with E-state index >= 15 is 0 Å². The third-order valence-corrected chi connectivity index (χ3v) is 3.92. The zero-order valence-corrected chi connectivity index (χ0v) is 13.8. The topological polar surface area (TPSA) is 61.6 Å². The van der Waals surface area contributed by atoms with Gasteiger partial charge in [-0.2, -0.15) is 0 Å². The van der Waals surface area contributed by atoms with Gasteiger partial charge in [-0.15, -0.1) is 0 Å². The summed E-state index contributed by atoms with van der Waals surface area (Å²) in [5, 5.41) is 2.95. The van der Waals surface area contributed by atoms with E-state index in [2.05, 4.69) is 35.9 Å². The molecule has 0 aromatic carbocycles. The Kier molecular flexibility index (Phi) is 6.43.